The van der Waals surface area contributed by atoms with Crippen LogP contribution in [0.3, 0.4) is 0 Å². The maximum Gasteiger partial charge on any atom is 0.338 e. The van der Waals surface area contributed by atoms with Gasteiger partial charge in [0.1, 0.15) is 10.7 Å². The highest BCUT2D eigenvalue weighted by atomic mass is 35.5. The molecular formula is C28H30ClN3O5. The first-order chi connectivity index (χ1) is 17.8. The van der Waals surface area contributed by atoms with E-state index in [1.807, 2.05) is 18.9 Å². The molecule has 194 valence electrons. The second kappa shape index (κ2) is 11.6. The first-order valence-electron chi connectivity index (χ1n) is 12.5. The summed E-state index contributed by atoms with van der Waals surface area (Å²) in [5, 5.41) is 2.68. The number of nitrogens with zero attached hydrogens (tertiary/aromatic N) is 2. The van der Waals surface area contributed by atoms with Gasteiger partial charge >= 0.3 is 5.97 Å². The number of esters is 1. The Hall–Kier alpha value is -3.65. The maximum absolute atomic E-state index is 13.1. The van der Waals surface area contributed by atoms with Crippen molar-refractivity contribution in [2.75, 3.05) is 23.9 Å². The standard InChI is InChI=1S/C28H30ClN3O5/c1-3-17-37-28(36)19-11-15-22(16-12-19)32-26(34)23(29)24(27(32)35)30-20-13-9-18(10-14-20)25(33)31(2)21-7-5-4-6-8-21/h9-16,21,30H,3-8,17H2,1-2H3. The summed E-state index contributed by atoms with van der Waals surface area (Å²) in [4.78, 5) is 53.5. The fourth-order valence-electron chi connectivity index (χ4n) is 4.55. The summed E-state index contributed by atoms with van der Waals surface area (Å²) in [7, 11) is 1.84. The van der Waals surface area contributed by atoms with Crippen LogP contribution < -0.4 is 10.2 Å². The summed E-state index contributed by atoms with van der Waals surface area (Å²) in [5.41, 5.74) is 1.60. The molecule has 1 aliphatic heterocycles. The van der Waals surface area contributed by atoms with Crippen LogP contribution in [0, 0.1) is 0 Å². The van der Waals surface area contributed by atoms with Gasteiger partial charge in [-0.25, -0.2) is 9.69 Å². The van der Waals surface area contributed by atoms with Gasteiger partial charge in [-0.2, -0.15) is 0 Å². The lowest BCUT2D eigenvalue weighted by Crippen LogP contribution is -2.38. The van der Waals surface area contributed by atoms with Gasteiger partial charge in [-0.3, -0.25) is 14.4 Å². The lowest BCUT2D eigenvalue weighted by molar-refractivity contribution is -0.120. The van der Waals surface area contributed by atoms with Gasteiger partial charge < -0.3 is 15.0 Å². The maximum atomic E-state index is 13.1. The van der Waals surface area contributed by atoms with Crippen LogP contribution in [-0.2, 0) is 14.3 Å². The molecule has 0 bridgehead atoms. The highest BCUT2D eigenvalue weighted by Crippen LogP contribution is 2.31. The van der Waals surface area contributed by atoms with Crippen LogP contribution >= 0.6 is 11.6 Å². The minimum absolute atomic E-state index is 0.0454. The Morgan fingerprint density at radius 1 is 0.973 bits per heavy atom. The molecule has 2 aromatic carbocycles. The largest absolute Gasteiger partial charge is 0.462 e. The smallest absolute Gasteiger partial charge is 0.338 e. The molecule has 0 saturated heterocycles. The van der Waals surface area contributed by atoms with E-state index < -0.39 is 17.8 Å². The number of hydrogen-bond acceptors (Lipinski definition) is 6. The lowest BCUT2D eigenvalue weighted by atomic mass is 9.94. The van der Waals surface area contributed by atoms with E-state index in [0.717, 1.165) is 30.6 Å². The van der Waals surface area contributed by atoms with Crippen LogP contribution in [0.25, 0.3) is 0 Å². The molecule has 1 fully saturated rings. The highest BCUT2D eigenvalue weighted by molar-refractivity contribution is 6.53. The summed E-state index contributed by atoms with van der Waals surface area (Å²) in [5.74, 6) is -1.81. The number of carbonyl (C=O) groups excluding carboxylic acids is 4. The number of imide groups is 1. The zero-order chi connectivity index (χ0) is 26.5. The summed E-state index contributed by atoms with van der Waals surface area (Å²) in [6, 6.07) is 13.0. The molecule has 2 aliphatic rings. The van der Waals surface area contributed by atoms with Crippen LogP contribution in [0.2, 0.25) is 0 Å². The van der Waals surface area contributed by atoms with Gasteiger partial charge in [-0.05, 0) is 67.8 Å². The first kappa shape index (κ1) is 26.4. The van der Waals surface area contributed by atoms with E-state index in [0.29, 0.717) is 29.8 Å². The van der Waals surface area contributed by atoms with E-state index in [9.17, 15) is 19.2 Å². The number of rotatable bonds is 8. The Bertz CT molecular complexity index is 1220. The number of hydrogen-bond donors (Lipinski definition) is 1. The van der Waals surface area contributed by atoms with Crippen molar-refractivity contribution in [3.8, 4) is 0 Å². The molecule has 8 nitrogen and oxygen atoms in total. The van der Waals surface area contributed by atoms with E-state index in [1.165, 1.54) is 30.7 Å². The Kier molecular flexibility index (Phi) is 8.28. The van der Waals surface area contributed by atoms with Crippen LogP contribution in [0.5, 0.6) is 0 Å². The quantitative estimate of drug-likeness (QED) is 0.382. The zero-order valence-corrected chi connectivity index (χ0v) is 21.7. The minimum atomic E-state index is -0.670. The molecular weight excluding hydrogens is 494 g/mol. The second-order valence-electron chi connectivity index (χ2n) is 9.23. The average Bonchev–Trinajstić information content (AvgIpc) is 3.14. The number of anilines is 2. The molecule has 1 N–H and O–H groups in total. The van der Waals surface area contributed by atoms with Gasteiger partial charge in [-0.1, -0.05) is 37.8 Å². The van der Waals surface area contributed by atoms with E-state index in [2.05, 4.69) is 5.32 Å². The number of amides is 3. The Balaban J connectivity index is 1.43. The SMILES string of the molecule is CCCOC(=O)c1ccc(N2C(=O)C(Cl)=C(Nc3ccc(C(=O)N(C)C4CCCCC4)cc3)C2=O)cc1. The number of ether oxygens (including phenoxy) is 1. The Morgan fingerprint density at radius 3 is 2.22 bits per heavy atom. The van der Waals surface area contributed by atoms with Crippen molar-refractivity contribution >= 4 is 46.7 Å². The van der Waals surface area contributed by atoms with Crippen molar-refractivity contribution in [3.63, 3.8) is 0 Å². The van der Waals surface area contributed by atoms with E-state index in [1.54, 1.807) is 24.3 Å². The third kappa shape index (κ3) is 5.69. The predicted octanol–water partition coefficient (Wildman–Crippen LogP) is 5.09. The van der Waals surface area contributed by atoms with Crippen molar-refractivity contribution in [1.29, 1.82) is 0 Å². The number of halogens is 1. The first-order valence-corrected chi connectivity index (χ1v) is 12.9. The highest BCUT2D eigenvalue weighted by Gasteiger charge is 2.39. The molecule has 0 aromatic heterocycles. The molecule has 1 heterocycles. The van der Waals surface area contributed by atoms with Crippen molar-refractivity contribution in [3.05, 3.63) is 70.4 Å². The van der Waals surface area contributed by atoms with E-state index in [-0.39, 0.29) is 28.4 Å². The van der Waals surface area contributed by atoms with Gasteiger partial charge in [0, 0.05) is 24.3 Å². The fraction of sp³-hybridized carbons (Fsp3) is 0.357. The normalized spacial score (nSPS) is 16.2. The molecule has 3 amide bonds. The summed E-state index contributed by atoms with van der Waals surface area (Å²) >= 11 is 6.24. The monoisotopic (exact) mass is 523 g/mol. The van der Waals surface area contributed by atoms with E-state index >= 15 is 0 Å². The fourth-order valence-corrected chi connectivity index (χ4v) is 4.76. The van der Waals surface area contributed by atoms with Crippen molar-refractivity contribution in [1.82, 2.24) is 4.90 Å². The number of nitrogens with one attached hydrogen (secondary N) is 1. The van der Waals surface area contributed by atoms with Crippen LogP contribution in [0.1, 0.15) is 66.2 Å². The van der Waals surface area contributed by atoms with Crippen LogP contribution in [0.4, 0.5) is 11.4 Å². The Morgan fingerprint density at radius 2 is 1.59 bits per heavy atom. The van der Waals surface area contributed by atoms with Crippen molar-refractivity contribution in [2.45, 2.75) is 51.5 Å². The van der Waals surface area contributed by atoms with Gasteiger partial charge in [0.25, 0.3) is 17.7 Å². The molecule has 1 aliphatic carbocycles. The van der Waals surface area contributed by atoms with Crippen LogP contribution in [-0.4, -0.2) is 48.3 Å². The van der Waals surface area contributed by atoms with Crippen molar-refractivity contribution < 1.29 is 23.9 Å². The average molecular weight is 524 g/mol. The second-order valence-corrected chi connectivity index (χ2v) is 9.61. The van der Waals surface area contributed by atoms with Gasteiger partial charge in [0.15, 0.2) is 0 Å². The molecule has 1 saturated carbocycles. The molecule has 0 radical (unpaired) electrons. The topological polar surface area (TPSA) is 96.0 Å². The molecule has 37 heavy (non-hydrogen) atoms. The molecule has 9 heteroatoms. The Labute approximate surface area is 221 Å². The third-order valence-corrected chi connectivity index (χ3v) is 7.02. The summed E-state index contributed by atoms with van der Waals surface area (Å²) < 4.78 is 5.10. The molecule has 0 atom stereocenters. The van der Waals surface area contributed by atoms with E-state index in [4.69, 9.17) is 16.3 Å². The predicted molar refractivity (Wildman–Crippen MR) is 141 cm³/mol. The minimum Gasteiger partial charge on any atom is -0.462 e. The summed E-state index contributed by atoms with van der Waals surface area (Å²) in [6.07, 6.45) is 6.24. The lowest BCUT2D eigenvalue weighted by Gasteiger charge is -2.31. The summed E-state index contributed by atoms with van der Waals surface area (Å²) in [6.45, 7) is 2.21. The number of benzene rings is 2. The molecule has 4 rings (SSSR count). The number of carbonyl (C=O) groups is 4. The molecule has 0 spiro atoms. The van der Waals surface area contributed by atoms with Gasteiger partial charge in [0.05, 0.1) is 17.9 Å². The van der Waals surface area contributed by atoms with Crippen LogP contribution in [0.15, 0.2) is 59.3 Å². The van der Waals surface area contributed by atoms with Gasteiger partial charge in [0.2, 0.25) is 0 Å². The molecule has 0 unspecified atom stereocenters. The molecule has 2 aromatic rings. The zero-order valence-electron chi connectivity index (χ0n) is 21.0. The van der Waals surface area contributed by atoms with Gasteiger partial charge in [-0.15, -0.1) is 0 Å². The third-order valence-electron chi connectivity index (χ3n) is 6.67. The van der Waals surface area contributed by atoms with Crippen molar-refractivity contribution in [2.24, 2.45) is 0 Å².